The van der Waals surface area contributed by atoms with Gasteiger partial charge in [-0.1, -0.05) is 0 Å². The quantitative estimate of drug-likeness (QED) is 0.412. The SMILES string of the molecule is CC(C)(C)OC(=O)N1CC[C@@H](Cn2ccc3c(N4CCOC[C@@H]4c4ccc(C(F)(F)F)cn4)ncnc32)[C@H](F)C1. The standard InChI is InChI=1S/C27H32F4N6O3/c1-26(2,3)40-25(38)36-8-6-17(20(28)14-36)13-35-9-7-19-23(35)33-16-34-24(19)37-10-11-39-15-22(37)21-5-4-18(12-32-21)27(29,30)31/h4-5,7,9,12,16-17,20,22H,6,8,10-11,13-15H2,1-3H3/t17-,20+,22+/m0/s1. The topological polar surface area (TPSA) is 85.6 Å². The van der Waals surface area contributed by atoms with Crippen LogP contribution in [0.25, 0.3) is 11.0 Å². The number of halogens is 4. The van der Waals surface area contributed by atoms with E-state index in [4.69, 9.17) is 9.47 Å². The number of likely N-dealkylation sites (tertiary alicyclic amines) is 1. The second-order valence-electron chi connectivity index (χ2n) is 11.1. The predicted octanol–water partition coefficient (Wildman–Crippen LogP) is 5.02. The van der Waals surface area contributed by atoms with Gasteiger partial charge in [0, 0.05) is 37.9 Å². The first-order valence-electron chi connectivity index (χ1n) is 13.2. The van der Waals surface area contributed by atoms with Gasteiger partial charge in [0.05, 0.1) is 42.4 Å². The van der Waals surface area contributed by atoms with E-state index in [9.17, 15) is 18.0 Å². The van der Waals surface area contributed by atoms with Crippen LogP contribution in [0.1, 0.15) is 44.5 Å². The summed E-state index contributed by atoms with van der Waals surface area (Å²) in [6.45, 7) is 7.18. The van der Waals surface area contributed by atoms with E-state index in [0.717, 1.165) is 17.6 Å². The molecule has 0 aromatic carbocycles. The molecule has 5 heterocycles. The van der Waals surface area contributed by atoms with Crippen LogP contribution >= 0.6 is 0 Å². The van der Waals surface area contributed by atoms with Crippen molar-refractivity contribution < 1.29 is 31.8 Å². The lowest BCUT2D eigenvalue weighted by Crippen LogP contribution is -2.47. The number of carbonyl (C=O) groups excluding carboxylic acids is 1. The average molecular weight is 565 g/mol. The van der Waals surface area contributed by atoms with Crippen molar-refractivity contribution in [3.05, 3.63) is 48.2 Å². The second-order valence-corrected chi connectivity index (χ2v) is 11.1. The summed E-state index contributed by atoms with van der Waals surface area (Å²) in [4.78, 5) is 28.8. The highest BCUT2D eigenvalue weighted by atomic mass is 19.4. The van der Waals surface area contributed by atoms with E-state index in [0.29, 0.717) is 49.8 Å². The molecule has 5 rings (SSSR count). The maximum Gasteiger partial charge on any atom is 0.417 e. The molecule has 0 radical (unpaired) electrons. The second kappa shape index (κ2) is 10.8. The molecule has 0 bridgehead atoms. The fourth-order valence-corrected chi connectivity index (χ4v) is 5.14. The van der Waals surface area contributed by atoms with Gasteiger partial charge in [-0.05, 0) is 45.4 Å². The van der Waals surface area contributed by atoms with Gasteiger partial charge in [0.1, 0.15) is 29.6 Å². The van der Waals surface area contributed by atoms with E-state index in [1.54, 1.807) is 20.8 Å². The summed E-state index contributed by atoms with van der Waals surface area (Å²) >= 11 is 0. The predicted molar refractivity (Wildman–Crippen MR) is 138 cm³/mol. The van der Waals surface area contributed by atoms with Crippen molar-refractivity contribution in [1.29, 1.82) is 0 Å². The van der Waals surface area contributed by atoms with Crippen LogP contribution in [0.15, 0.2) is 36.9 Å². The third-order valence-electron chi connectivity index (χ3n) is 7.15. The molecule has 1 amide bonds. The molecular weight excluding hydrogens is 532 g/mol. The van der Waals surface area contributed by atoms with E-state index >= 15 is 4.39 Å². The van der Waals surface area contributed by atoms with E-state index in [1.807, 2.05) is 21.7 Å². The first-order valence-corrected chi connectivity index (χ1v) is 13.2. The van der Waals surface area contributed by atoms with Crippen LogP contribution in [-0.4, -0.2) is 75.1 Å². The lowest BCUT2D eigenvalue weighted by Gasteiger charge is -2.36. The molecule has 0 aliphatic carbocycles. The lowest BCUT2D eigenvalue weighted by atomic mass is 9.95. The van der Waals surface area contributed by atoms with E-state index < -0.39 is 35.6 Å². The molecule has 0 saturated carbocycles. The lowest BCUT2D eigenvalue weighted by molar-refractivity contribution is -0.137. The molecule has 2 fully saturated rings. The molecule has 2 aliphatic rings. The molecule has 2 aliphatic heterocycles. The smallest absolute Gasteiger partial charge is 0.417 e. The monoisotopic (exact) mass is 564 g/mol. The maximum absolute atomic E-state index is 15.2. The maximum atomic E-state index is 15.2. The van der Waals surface area contributed by atoms with Gasteiger partial charge in [0.2, 0.25) is 0 Å². The van der Waals surface area contributed by atoms with Crippen molar-refractivity contribution in [3.8, 4) is 0 Å². The molecule has 3 aromatic rings. The number of ether oxygens (including phenoxy) is 2. The summed E-state index contributed by atoms with van der Waals surface area (Å²) in [5, 5.41) is 0.739. The number of pyridine rings is 1. The van der Waals surface area contributed by atoms with Crippen LogP contribution in [0.5, 0.6) is 0 Å². The molecular formula is C27H32F4N6O3. The Morgan fingerprint density at radius 1 is 1.12 bits per heavy atom. The average Bonchev–Trinajstić information content (AvgIpc) is 3.31. The van der Waals surface area contributed by atoms with Crippen LogP contribution in [0.4, 0.5) is 28.2 Å². The van der Waals surface area contributed by atoms with E-state index in [2.05, 4.69) is 15.0 Å². The van der Waals surface area contributed by atoms with Gasteiger partial charge in [-0.3, -0.25) is 4.98 Å². The normalized spacial score (nSPS) is 22.5. The van der Waals surface area contributed by atoms with Gasteiger partial charge in [0.25, 0.3) is 0 Å². The number of rotatable bonds is 4. The minimum Gasteiger partial charge on any atom is -0.444 e. The van der Waals surface area contributed by atoms with Crippen molar-refractivity contribution in [3.63, 3.8) is 0 Å². The van der Waals surface area contributed by atoms with Gasteiger partial charge < -0.3 is 23.8 Å². The van der Waals surface area contributed by atoms with Gasteiger partial charge >= 0.3 is 12.3 Å². The van der Waals surface area contributed by atoms with Gasteiger partial charge in [-0.2, -0.15) is 13.2 Å². The van der Waals surface area contributed by atoms with Crippen molar-refractivity contribution in [2.75, 3.05) is 37.7 Å². The number of fused-ring (bicyclic) bond motifs is 1. The number of piperidine rings is 1. The number of anilines is 1. The van der Waals surface area contributed by atoms with Crippen molar-refractivity contribution >= 4 is 22.9 Å². The number of carbonyl (C=O) groups is 1. The van der Waals surface area contributed by atoms with E-state index in [-0.39, 0.29) is 19.1 Å². The molecule has 40 heavy (non-hydrogen) atoms. The first kappa shape index (κ1) is 28.1. The first-order chi connectivity index (χ1) is 18.9. The number of aromatic nitrogens is 4. The molecule has 0 N–H and O–H groups in total. The Morgan fingerprint density at radius 3 is 2.60 bits per heavy atom. The number of hydrogen-bond donors (Lipinski definition) is 0. The minimum atomic E-state index is -4.47. The Hall–Kier alpha value is -3.48. The number of morpholine rings is 1. The summed E-state index contributed by atoms with van der Waals surface area (Å²) in [5.74, 6) is 0.287. The summed E-state index contributed by atoms with van der Waals surface area (Å²) < 4.78 is 67.2. The summed E-state index contributed by atoms with van der Waals surface area (Å²) in [6.07, 6.45) is -1.64. The zero-order chi connectivity index (χ0) is 28.7. The number of alkyl halides is 4. The van der Waals surface area contributed by atoms with Crippen molar-refractivity contribution in [2.45, 2.75) is 57.7 Å². The Labute approximate surface area is 229 Å². The highest BCUT2D eigenvalue weighted by Crippen LogP contribution is 2.35. The molecule has 2 saturated heterocycles. The van der Waals surface area contributed by atoms with Gasteiger partial charge in [0.15, 0.2) is 0 Å². The zero-order valence-corrected chi connectivity index (χ0v) is 22.6. The van der Waals surface area contributed by atoms with Crippen LogP contribution in [-0.2, 0) is 22.2 Å². The molecule has 13 heteroatoms. The summed E-state index contributed by atoms with van der Waals surface area (Å²) in [7, 11) is 0. The largest absolute Gasteiger partial charge is 0.444 e. The Balaban J connectivity index is 1.33. The number of amides is 1. The van der Waals surface area contributed by atoms with Crippen molar-refractivity contribution in [1.82, 2.24) is 24.4 Å². The fourth-order valence-electron chi connectivity index (χ4n) is 5.14. The Bertz CT molecular complexity index is 1340. The third kappa shape index (κ3) is 5.98. The van der Waals surface area contributed by atoms with Gasteiger partial charge in [-0.25, -0.2) is 19.2 Å². The molecule has 3 atom stereocenters. The number of hydrogen-bond acceptors (Lipinski definition) is 7. The van der Waals surface area contributed by atoms with Crippen molar-refractivity contribution in [2.24, 2.45) is 5.92 Å². The highest BCUT2D eigenvalue weighted by Gasteiger charge is 2.35. The van der Waals surface area contributed by atoms with Crippen LogP contribution < -0.4 is 4.90 Å². The fraction of sp³-hybridized carbons (Fsp3) is 0.556. The van der Waals surface area contributed by atoms with Crippen LogP contribution in [0.3, 0.4) is 0 Å². The summed E-state index contributed by atoms with van der Waals surface area (Å²) in [5.41, 5.74) is -0.402. The molecule has 216 valence electrons. The summed E-state index contributed by atoms with van der Waals surface area (Å²) in [6, 6.07) is 3.80. The third-order valence-corrected chi connectivity index (χ3v) is 7.15. The Kier molecular flexibility index (Phi) is 7.60. The van der Waals surface area contributed by atoms with Crippen LogP contribution in [0.2, 0.25) is 0 Å². The van der Waals surface area contributed by atoms with E-state index in [1.165, 1.54) is 17.3 Å². The van der Waals surface area contributed by atoms with Crippen LogP contribution in [0, 0.1) is 5.92 Å². The van der Waals surface area contributed by atoms with Gasteiger partial charge in [-0.15, -0.1) is 0 Å². The Morgan fingerprint density at radius 2 is 1.93 bits per heavy atom. The zero-order valence-electron chi connectivity index (χ0n) is 22.6. The number of nitrogens with zero attached hydrogens (tertiary/aromatic N) is 6. The molecule has 0 spiro atoms. The molecule has 9 nitrogen and oxygen atoms in total. The highest BCUT2D eigenvalue weighted by molar-refractivity contribution is 5.88. The minimum absolute atomic E-state index is 0.0331. The molecule has 0 unspecified atom stereocenters. The molecule has 3 aromatic heterocycles.